The third kappa shape index (κ3) is 3.45. The monoisotopic (exact) mass is 335 g/mol. The lowest BCUT2D eigenvalue weighted by atomic mass is 10.0. The van der Waals surface area contributed by atoms with Crippen LogP contribution in [0.5, 0.6) is 5.75 Å². The minimum absolute atomic E-state index is 0.316. The summed E-state index contributed by atoms with van der Waals surface area (Å²) in [5.74, 6) is 0.0460. The van der Waals surface area contributed by atoms with Gasteiger partial charge >= 0.3 is 0 Å². The highest BCUT2D eigenvalue weighted by Gasteiger charge is 2.56. The van der Waals surface area contributed by atoms with E-state index in [1.54, 1.807) is 55.6 Å². The molecule has 1 aliphatic rings. The minimum atomic E-state index is -1.03. The molecule has 0 saturated heterocycles. The molecule has 0 spiro atoms. The van der Waals surface area contributed by atoms with Gasteiger partial charge in [-0.3, -0.25) is 9.59 Å². The number of hydrogen-bond acceptors (Lipinski definition) is 4. The maximum absolute atomic E-state index is 12.5. The van der Waals surface area contributed by atoms with Crippen LogP contribution in [0.2, 0.25) is 0 Å². The quantitative estimate of drug-likeness (QED) is 0.822. The first kappa shape index (κ1) is 16.5. The molecule has 6 heteroatoms. The van der Waals surface area contributed by atoms with Crippen molar-refractivity contribution in [2.45, 2.75) is 12.8 Å². The fourth-order valence-corrected chi connectivity index (χ4v) is 2.49. The summed E-state index contributed by atoms with van der Waals surface area (Å²) in [6, 6.07) is 15.5. The Labute approximate surface area is 145 Å². The molecule has 1 fully saturated rings. The number of rotatable bonds is 5. The van der Waals surface area contributed by atoms with E-state index in [4.69, 9.17) is 10.00 Å². The molecule has 0 heterocycles. The van der Waals surface area contributed by atoms with Gasteiger partial charge < -0.3 is 15.4 Å². The van der Waals surface area contributed by atoms with Crippen LogP contribution in [0.3, 0.4) is 0 Å². The van der Waals surface area contributed by atoms with E-state index < -0.39 is 5.41 Å². The number of nitrogens with one attached hydrogen (secondary N) is 2. The molecular formula is C19H17N3O3. The van der Waals surface area contributed by atoms with Crippen molar-refractivity contribution in [3.8, 4) is 11.8 Å². The van der Waals surface area contributed by atoms with Crippen molar-refractivity contribution in [1.82, 2.24) is 0 Å². The number of nitriles is 1. The van der Waals surface area contributed by atoms with Gasteiger partial charge in [-0.2, -0.15) is 5.26 Å². The molecule has 0 bridgehead atoms. The highest BCUT2D eigenvalue weighted by molar-refractivity contribution is 6.16. The Morgan fingerprint density at radius 3 is 1.84 bits per heavy atom. The summed E-state index contributed by atoms with van der Waals surface area (Å²) in [6.45, 7) is 0. The molecule has 0 radical (unpaired) electrons. The highest BCUT2D eigenvalue weighted by atomic mass is 16.5. The van der Waals surface area contributed by atoms with Gasteiger partial charge in [0, 0.05) is 11.4 Å². The standard InChI is InChI=1S/C19H17N3O3/c1-25-16-8-6-15(7-9-16)22-18(24)19(10-11-19)17(23)21-14-4-2-13(12-20)3-5-14/h2-9H,10-11H2,1H3,(H,21,23)(H,22,24). The molecular weight excluding hydrogens is 318 g/mol. The average Bonchev–Trinajstić information content (AvgIpc) is 3.45. The summed E-state index contributed by atoms with van der Waals surface area (Å²) >= 11 is 0. The first-order valence-electron chi connectivity index (χ1n) is 7.84. The van der Waals surface area contributed by atoms with E-state index in [1.807, 2.05) is 6.07 Å². The van der Waals surface area contributed by atoms with Crippen LogP contribution in [0, 0.1) is 16.7 Å². The van der Waals surface area contributed by atoms with Crippen molar-refractivity contribution in [2.75, 3.05) is 17.7 Å². The Morgan fingerprint density at radius 1 is 0.960 bits per heavy atom. The van der Waals surface area contributed by atoms with Gasteiger partial charge in [-0.25, -0.2) is 0 Å². The van der Waals surface area contributed by atoms with E-state index in [-0.39, 0.29) is 11.8 Å². The van der Waals surface area contributed by atoms with Crippen LogP contribution in [0.4, 0.5) is 11.4 Å². The van der Waals surface area contributed by atoms with Gasteiger partial charge in [-0.05, 0) is 61.4 Å². The predicted octanol–water partition coefficient (Wildman–Crippen LogP) is 2.92. The van der Waals surface area contributed by atoms with E-state index in [0.717, 1.165) is 0 Å². The van der Waals surface area contributed by atoms with E-state index in [0.29, 0.717) is 35.5 Å². The molecule has 0 atom stereocenters. The van der Waals surface area contributed by atoms with E-state index in [1.165, 1.54) is 0 Å². The molecule has 25 heavy (non-hydrogen) atoms. The smallest absolute Gasteiger partial charge is 0.240 e. The first-order chi connectivity index (χ1) is 12.1. The lowest BCUT2D eigenvalue weighted by molar-refractivity contribution is -0.131. The van der Waals surface area contributed by atoms with Crippen LogP contribution in [0.1, 0.15) is 18.4 Å². The number of hydrogen-bond donors (Lipinski definition) is 2. The van der Waals surface area contributed by atoms with E-state index in [9.17, 15) is 9.59 Å². The van der Waals surface area contributed by atoms with Gasteiger partial charge in [-0.1, -0.05) is 0 Å². The summed E-state index contributed by atoms with van der Waals surface area (Å²) in [4.78, 5) is 25.1. The summed E-state index contributed by atoms with van der Waals surface area (Å²) in [6.07, 6.45) is 1.02. The maximum atomic E-state index is 12.5. The van der Waals surface area contributed by atoms with E-state index in [2.05, 4.69) is 10.6 Å². The largest absolute Gasteiger partial charge is 0.497 e. The first-order valence-corrected chi connectivity index (χ1v) is 7.84. The molecule has 1 saturated carbocycles. The number of benzene rings is 2. The number of carbonyl (C=O) groups is 2. The van der Waals surface area contributed by atoms with Gasteiger partial charge in [0.15, 0.2) is 0 Å². The molecule has 3 rings (SSSR count). The van der Waals surface area contributed by atoms with Crippen molar-refractivity contribution in [2.24, 2.45) is 5.41 Å². The van der Waals surface area contributed by atoms with Crippen molar-refractivity contribution in [1.29, 1.82) is 5.26 Å². The summed E-state index contributed by atoms with van der Waals surface area (Å²) in [7, 11) is 1.57. The third-order valence-electron chi connectivity index (χ3n) is 4.24. The molecule has 0 aromatic heterocycles. The Hall–Kier alpha value is -3.33. The Kier molecular flexibility index (Phi) is 4.40. The second-order valence-corrected chi connectivity index (χ2v) is 5.91. The predicted molar refractivity (Wildman–Crippen MR) is 93.1 cm³/mol. The summed E-state index contributed by atoms with van der Waals surface area (Å²) in [5, 5.41) is 14.3. The van der Waals surface area contributed by atoms with Crippen LogP contribution in [0.25, 0.3) is 0 Å². The van der Waals surface area contributed by atoms with Gasteiger partial charge in [0.1, 0.15) is 11.2 Å². The second-order valence-electron chi connectivity index (χ2n) is 5.91. The average molecular weight is 335 g/mol. The van der Waals surface area contributed by atoms with Crippen LogP contribution in [-0.2, 0) is 9.59 Å². The normalized spacial score (nSPS) is 14.1. The molecule has 126 valence electrons. The number of nitrogens with zero attached hydrogens (tertiary/aromatic N) is 1. The van der Waals surface area contributed by atoms with Crippen molar-refractivity contribution in [3.63, 3.8) is 0 Å². The Bertz CT molecular complexity index is 832. The molecule has 2 aromatic rings. The van der Waals surface area contributed by atoms with Gasteiger partial charge in [0.2, 0.25) is 11.8 Å². The van der Waals surface area contributed by atoms with Crippen molar-refractivity contribution < 1.29 is 14.3 Å². The molecule has 6 nitrogen and oxygen atoms in total. The van der Waals surface area contributed by atoms with Crippen molar-refractivity contribution >= 4 is 23.2 Å². The minimum Gasteiger partial charge on any atom is -0.497 e. The molecule has 0 unspecified atom stereocenters. The SMILES string of the molecule is COc1ccc(NC(=O)C2(C(=O)Nc3ccc(C#N)cc3)CC2)cc1. The number of anilines is 2. The maximum Gasteiger partial charge on any atom is 0.240 e. The van der Waals surface area contributed by atoms with Crippen LogP contribution >= 0.6 is 0 Å². The zero-order valence-electron chi connectivity index (χ0n) is 13.7. The van der Waals surface area contributed by atoms with Crippen molar-refractivity contribution in [3.05, 3.63) is 54.1 Å². The van der Waals surface area contributed by atoms with Crippen LogP contribution in [0.15, 0.2) is 48.5 Å². The second kappa shape index (κ2) is 6.65. The van der Waals surface area contributed by atoms with Gasteiger partial charge in [-0.15, -0.1) is 0 Å². The lowest BCUT2D eigenvalue weighted by Crippen LogP contribution is -2.35. The van der Waals surface area contributed by atoms with Gasteiger partial charge in [0.25, 0.3) is 0 Å². The fraction of sp³-hybridized carbons (Fsp3) is 0.211. The van der Waals surface area contributed by atoms with Crippen LogP contribution in [-0.4, -0.2) is 18.9 Å². The van der Waals surface area contributed by atoms with E-state index >= 15 is 0 Å². The summed E-state index contributed by atoms with van der Waals surface area (Å²) < 4.78 is 5.08. The van der Waals surface area contributed by atoms with Crippen LogP contribution < -0.4 is 15.4 Å². The van der Waals surface area contributed by atoms with Gasteiger partial charge in [0.05, 0.1) is 18.7 Å². The lowest BCUT2D eigenvalue weighted by Gasteiger charge is -2.15. The number of amides is 2. The molecule has 2 aromatic carbocycles. The third-order valence-corrected chi connectivity index (χ3v) is 4.24. The zero-order chi connectivity index (χ0) is 17.9. The molecule has 0 aliphatic heterocycles. The Morgan fingerprint density at radius 2 is 1.44 bits per heavy atom. The molecule has 1 aliphatic carbocycles. The summed E-state index contributed by atoms with van der Waals surface area (Å²) in [5.41, 5.74) is 0.653. The zero-order valence-corrected chi connectivity index (χ0v) is 13.7. The fourth-order valence-electron chi connectivity index (χ4n) is 2.49. The number of ether oxygens (including phenoxy) is 1. The highest BCUT2D eigenvalue weighted by Crippen LogP contribution is 2.47. The topological polar surface area (TPSA) is 91.2 Å². The Balaban J connectivity index is 1.66. The molecule has 2 amide bonds. The number of carbonyl (C=O) groups excluding carboxylic acids is 2. The number of methoxy groups -OCH3 is 1. The molecule has 2 N–H and O–H groups in total.